The first-order valence-corrected chi connectivity index (χ1v) is 5.01. The lowest BCUT2D eigenvalue weighted by molar-refractivity contribution is -0.385. The lowest BCUT2D eigenvalue weighted by atomic mass is 10.00. The van der Waals surface area contributed by atoms with Gasteiger partial charge >= 0.3 is 18.0 Å². The van der Waals surface area contributed by atoms with Crippen LogP contribution in [0.5, 0.6) is 5.75 Å². The third kappa shape index (κ3) is 2.72. The van der Waals surface area contributed by atoms with Crippen molar-refractivity contribution in [3.8, 4) is 5.75 Å². The topological polar surface area (TPSA) is 52.4 Å². The fraction of sp³-hybridized carbons (Fsp3) is 0.400. The molecule has 0 atom stereocenters. The monoisotopic (exact) mass is 321 g/mol. The molecule has 21 heavy (non-hydrogen) atoms. The van der Waals surface area contributed by atoms with Gasteiger partial charge < -0.3 is 4.74 Å². The van der Waals surface area contributed by atoms with Gasteiger partial charge in [0.15, 0.2) is 0 Å². The second-order valence-corrected chi connectivity index (χ2v) is 3.79. The van der Waals surface area contributed by atoms with E-state index in [0.29, 0.717) is 12.1 Å². The van der Waals surface area contributed by atoms with Crippen molar-refractivity contribution >= 4 is 5.69 Å². The molecule has 0 radical (unpaired) electrons. The standard InChI is InChI=1S/C10H6F7NO3/c1-21-7-3-2-5(18(19)20)4-6(7)8(11,12)9(13,14)10(15,16)17/h2-4H,1H3. The van der Waals surface area contributed by atoms with Crippen molar-refractivity contribution in [2.24, 2.45) is 0 Å². The Kier molecular flexibility index (Phi) is 4.08. The van der Waals surface area contributed by atoms with Crippen LogP contribution in [-0.4, -0.2) is 24.1 Å². The predicted octanol–water partition coefficient (Wildman–Crippen LogP) is 3.89. The van der Waals surface area contributed by atoms with Crippen molar-refractivity contribution in [1.82, 2.24) is 0 Å². The van der Waals surface area contributed by atoms with Gasteiger partial charge in [0.1, 0.15) is 5.75 Å². The number of hydrogen-bond donors (Lipinski definition) is 0. The van der Waals surface area contributed by atoms with Gasteiger partial charge in [0.2, 0.25) is 0 Å². The normalized spacial score (nSPS) is 13.1. The highest BCUT2D eigenvalue weighted by molar-refractivity contribution is 5.47. The fourth-order valence-electron chi connectivity index (χ4n) is 1.40. The van der Waals surface area contributed by atoms with Crippen LogP contribution in [0.1, 0.15) is 5.56 Å². The van der Waals surface area contributed by atoms with Crippen molar-refractivity contribution in [2.75, 3.05) is 7.11 Å². The summed E-state index contributed by atoms with van der Waals surface area (Å²) in [6.45, 7) is 0. The van der Waals surface area contributed by atoms with Crippen LogP contribution < -0.4 is 4.74 Å². The van der Waals surface area contributed by atoms with E-state index in [4.69, 9.17) is 0 Å². The number of hydrogen-bond acceptors (Lipinski definition) is 3. The lowest BCUT2D eigenvalue weighted by Crippen LogP contribution is -2.50. The minimum atomic E-state index is -6.55. The van der Waals surface area contributed by atoms with Crippen LogP contribution >= 0.6 is 0 Å². The largest absolute Gasteiger partial charge is 0.496 e. The van der Waals surface area contributed by atoms with Gasteiger partial charge in [0.25, 0.3) is 5.69 Å². The number of halogens is 7. The molecule has 0 spiro atoms. The molecule has 4 nitrogen and oxygen atoms in total. The van der Waals surface area contributed by atoms with Crippen molar-refractivity contribution in [2.45, 2.75) is 18.0 Å². The summed E-state index contributed by atoms with van der Waals surface area (Å²) < 4.78 is 93.6. The van der Waals surface area contributed by atoms with E-state index in [1.165, 1.54) is 0 Å². The molecule has 0 unspecified atom stereocenters. The van der Waals surface area contributed by atoms with E-state index in [2.05, 4.69) is 4.74 Å². The van der Waals surface area contributed by atoms with Crippen LogP contribution in [-0.2, 0) is 5.92 Å². The van der Waals surface area contributed by atoms with Crippen LogP contribution in [0.15, 0.2) is 18.2 Å². The van der Waals surface area contributed by atoms with Crippen LogP contribution in [0, 0.1) is 10.1 Å². The van der Waals surface area contributed by atoms with Gasteiger partial charge in [-0.1, -0.05) is 0 Å². The maximum Gasteiger partial charge on any atom is 0.460 e. The Morgan fingerprint density at radius 3 is 2.00 bits per heavy atom. The summed E-state index contributed by atoms with van der Waals surface area (Å²) >= 11 is 0. The zero-order chi connectivity index (χ0) is 16.6. The van der Waals surface area contributed by atoms with Gasteiger partial charge in [-0.15, -0.1) is 0 Å². The van der Waals surface area contributed by atoms with E-state index in [-0.39, 0.29) is 6.07 Å². The SMILES string of the molecule is COc1ccc([N+](=O)[O-])cc1C(F)(F)C(F)(F)C(F)(F)F. The smallest absolute Gasteiger partial charge is 0.460 e. The predicted molar refractivity (Wildman–Crippen MR) is 54.5 cm³/mol. The van der Waals surface area contributed by atoms with Crippen LogP contribution in [0.3, 0.4) is 0 Å². The third-order valence-corrected chi connectivity index (χ3v) is 2.48. The molecule has 0 aliphatic heterocycles. The molecule has 11 heteroatoms. The quantitative estimate of drug-likeness (QED) is 0.480. The second-order valence-electron chi connectivity index (χ2n) is 3.79. The van der Waals surface area contributed by atoms with Gasteiger partial charge in [-0.3, -0.25) is 10.1 Å². The van der Waals surface area contributed by atoms with Gasteiger partial charge in [-0.05, 0) is 6.07 Å². The second kappa shape index (κ2) is 5.04. The molecular weight excluding hydrogens is 315 g/mol. The fourth-order valence-corrected chi connectivity index (χ4v) is 1.40. The molecule has 0 bridgehead atoms. The lowest BCUT2D eigenvalue weighted by Gasteiger charge is -2.29. The number of nitro benzene ring substituents is 1. The molecule has 0 aliphatic rings. The first kappa shape index (κ1) is 17.0. The van der Waals surface area contributed by atoms with Crippen LogP contribution in [0.2, 0.25) is 0 Å². The summed E-state index contributed by atoms with van der Waals surface area (Å²) in [5.74, 6) is -13.2. The van der Waals surface area contributed by atoms with E-state index in [1.54, 1.807) is 0 Å². The minimum Gasteiger partial charge on any atom is -0.496 e. The Balaban J connectivity index is 3.56. The van der Waals surface area contributed by atoms with Crippen molar-refractivity contribution < 1.29 is 40.4 Å². The van der Waals surface area contributed by atoms with E-state index in [1.807, 2.05) is 0 Å². The minimum absolute atomic E-state index is 0.0848. The number of alkyl halides is 7. The van der Waals surface area contributed by atoms with E-state index in [9.17, 15) is 40.8 Å². The Morgan fingerprint density at radius 1 is 1.10 bits per heavy atom. The van der Waals surface area contributed by atoms with Crippen molar-refractivity contribution in [1.29, 1.82) is 0 Å². The Hall–Kier alpha value is -2.07. The number of benzene rings is 1. The highest BCUT2D eigenvalue weighted by atomic mass is 19.4. The molecule has 0 amide bonds. The molecule has 0 heterocycles. The molecule has 1 aromatic carbocycles. The maximum absolute atomic E-state index is 13.5. The van der Waals surface area contributed by atoms with E-state index < -0.39 is 39.9 Å². The number of nitrogens with zero attached hydrogens (tertiary/aromatic N) is 1. The van der Waals surface area contributed by atoms with Crippen LogP contribution in [0.4, 0.5) is 36.4 Å². The van der Waals surface area contributed by atoms with Crippen molar-refractivity contribution in [3.63, 3.8) is 0 Å². The van der Waals surface area contributed by atoms with Crippen LogP contribution in [0.25, 0.3) is 0 Å². The molecule has 1 aromatic rings. The Labute approximate surface area is 112 Å². The molecule has 0 saturated carbocycles. The van der Waals surface area contributed by atoms with Gasteiger partial charge in [0, 0.05) is 12.1 Å². The Morgan fingerprint density at radius 2 is 1.62 bits per heavy atom. The number of non-ortho nitro benzene ring substituents is 1. The summed E-state index contributed by atoms with van der Waals surface area (Å²) in [5, 5.41) is 10.4. The average molecular weight is 321 g/mol. The van der Waals surface area contributed by atoms with Crippen molar-refractivity contribution in [3.05, 3.63) is 33.9 Å². The molecule has 0 saturated heterocycles. The van der Waals surface area contributed by atoms with E-state index >= 15 is 0 Å². The third-order valence-electron chi connectivity index (χ3n) is 2.48. The summed E-state index contributed by atoms with van der Waals surface area (Å²) in [6, 6.07) is 1.05. The number of nitro groups is 1. The zero-order valence-electron chi connectivity index (χ0n) is 10.0. The summed E-state index contributed by atoms with van der Waals surface area (Å²) in [5.41, 5.74) is -3.01. The molecule has 0 aromatic heterocycles. The van der Waals surface area contributed by atoms with Gasteiger partial charge in [-0.2, -0.15) is 30.7 Å². The number of ether oxygens (including phenoxy) is 1. The molecule has 1 rings (SSSR count). The molecule has 0 N–H and O–H groups in total. The molecule has 0 fully saturated rings. The molecule has 0 aliphatic carbocycles. The summed E-state index contributed by atoms with van der Waals surface area (Å²) in [6.07, 6.45) is -6.55. The first-order valence-electron chi connectivity index (χ1n) is 5.01. The highest BCUT2D eigenvalue weighted by Gasteiger charge is 2.74. The number of rotatable bonds is 4. The average Bonchev–Trinajstić information content (AvgIpc) is 2.36. The summed E-state index contributed by atoms with van der Waals surface area (Å²) in [7, 11) is 0.743. The van der Waals surface area contributed by atoms with E-state index in [0.717, 1.165) is 7.11 Å². The number of methoxy groups -OCH3 is 1. The molecular formula is C10H6F7NO3. The highest BCUT2D eigenvalue weighted by Crippen LogP contribution is 2.54. The van der Waals surface area contributed by atoms with Gasteiger partial charge in [0.05, 0.1) is 17.6 Å². The zero-order valence-corrected chi connectivity index (χ0v) is 10.0. The maximum atomic E-state index is 13.5. The Bertz CT molecular complexity index is 556. The summed E-state index contributed by atoms with van der Waals surface area (Å²) in [4.78, 5) is 9.22. The van der Waals surface area contributed by atoms with Gasteiger partial charge in [-0.25, -0.2) is 0 Å². The first-order chi connectivity index (χ1) is 9.36. The molecule has 118 valence electrons.